The number of hydrogen-bond acceptors (Lipinski definition) is 5. The fourth-order valence-corrected chi connectivity index (χ4v) is 1.67. The zero-order valence-corrected chi connectivity index (χ0v) is 8.51. The first kappa shape index (κ1) is 9.42. The van der Waals surface area contributed by atoms with E-state index in [1.54, 1.807) is 12.3 Å². The van der Waals surface area contributed by atoms with Crippen LogP contribution >= 0.6 is 0 Å². The molecule has 0 saturated carbocycles. The number of H-pyrrole nitrogens is 1. The van der Waals surface area contributed by atoms with Crippen molar-refractivity contribution in [2.75, 3.05) is 0 Å². The normalized spacial score (nSPS) is 10.5. The highest BCUT2D eigenvalue weighted by Gasteiger charge is 2.05. The molecule has 80 valence electrons. The number of fused-ring (bicyclic) bond motifs is 3. The summed E-state index contributed by atoms with van der Waals surface area (Å²) in [7, 11) is 0. The Kier molecular flexibility index (Phi) is 1.86. The van der Waals surface area contributed by atoms with Crippen LogP contribution in [0.1, 0.15) is 5.56 Å². The third kappa shape index (κ3) is 1.41. The largest absolute Gasteiger partial charge is 0.343 e. The molecule has 0 amide bonds. The molecule has 0 radical (unpaired) electrons. The Bertz CT molecular complexity index is 830. The number of aromatic nitrogens is 4. The van der Waals surface area contributed by atoms with Crippen LogP contribution in [-0.2, 0) is 0 Å². The van der Waals surface area contributed by atoms with E-state index in [0.717, 1.165) is 0 Å². The molecule has 0 saturated heterocycles. The average Bonchev–Trinajstić information content (AvgIpc) is 2.38. The zero-order chi connectivity index (χ0) is 11.8. The molecule has 0 bridgehead atoms. The van der Waals surface area contributed by atoms with Crippen molar-refractivity contribution in [3.05, 3.63) is 40.4 Å². The van der Waals surface area contributed by atoms with Crippen molar-refractivity contribution in [1.29, 1.82) is 5.26 Å². The third-order valence-electron chi connectivity index (χ3n) is 2.45. The van der Waals surface area contributed by atoms with E-state index >= 15 is 0 Å². The molecule has 3 aromatic rings. The number of hydrogen-bond donors (Lipinski definition) is 1. The van der Waals surface area contributed by atoms with Gasteiger partial charge >= 0.3 is 0 Å². The quantitative estimate of drug-likeness (QED) is 0.567. The van der Waals surface area contributed by atoms with Crippen LogP contribution in [0.25, 0.3) is 21.9 Å². The van der Waals surface area contributed by atoms with Gasteiger partial charge in [0.15, 0.2) is 5.65 Å². The van der Waals surface area contributed by atoms with Crippen LogP contribution in [0.5, 0.6) is 0 Å². The Morgan fingerprint density at radius 3 is 2.94 bits per heavy atom. The van der Waals surface area contributed by atoms with Gasteiger partial charge in [0.2, 0.25) is 0 Å². The number of rotatable bonds is 0. The Balaban J connectivity index is 2.57. The summed E-state index contributed by atoms with van der Waals surface area (Å²) >= 11 is 0. The van der Waals surface area contributed by atoms with Crippen LogP contribution in [0.4, 0.5) is 0 Å². The summed E-state index contributed by atoms with van der Waals surface area (Å²) in [4.78, 5) is 17.7. The number of aromatic amines is 1. The third-order valence-corrected chi connectivity index (χ3v) is 2.45. The Morgan fingerprint density at radius 2 is 2.12 bits per heavy atom. The van der Waals surface area contributed by atoms with E-state index < -0.39 is 0 Å². The maximum absolute atomic E-state index is 11.2. The van der Waals surface area contributed by atoms with E-state index in [1.807, 2.05) is 6.07 Å². The zero-order valence-electron chi connectivity index (χ0n) is 8.51. The van der Waals surface area contributed by atoms with Crippen molar-refractivity contribution in [2.45, 2.75) is 0 Å². The molecule has 0 unspecified atom stereocenters. The van der Waals surface area contributed by atoms with Crippen molar-refractivity contribution in [3.63, 3.8) is 0 Å². The molecule has 3 heterocycles. The minimum Gasteiger partial charge on any atom is -0.343 e. The molecule has 0 aliphatic carbocycles. The molecular weight excluding hydrogens is 218 g/mol. The Labute approximate surface area is 94.6 Å². The van der Waals surface area contributed by atoms with Gasteiger partial charge in [0, 0.05) is 23.0 Å². The highest BCUT2D eigenvalue weighted by Crippen LogP contribution is 2.19. The molecule has 6 heteroatoms. The smallest absolute Gasteiger partial charge is 0.270 e. The summed E-state index contributed by atoms with van der Waals surface area (Å²) in [6.07, 6.45) is 2.92. The average molecular weight is 223 g/mol. The first-order valence-electron chi connectivity index (χ1n) is 4.83. The first-order valence-corrected chi connectivity index (χ1v) is 4.83. The van der Waals surface area contributed by atoms with Gasteiger partial charge in [0.05, 0.1) is 11.8 Å². The molecule has 0 aliphatic rings. The van der Waals surface area contributed by atoms with Gasteiger partial charge in [-0.15, -0.1) is 10.2 Å². The van der Waals surface area contributed by atoms with Gasteiger partial charge in [-0.25, -0.2) is 4.98 Å². The van der Waals surface area contributed by atoms with Crippen LogP contribution in [0.15, 0.2) is 29.3 Å². The van der Waals surface area contributed by atoms with Crippen molar-refractivity contribution in [3.8, 4) is 6.07 Å². The van der Waals surface area contributed by atoms with Gasteiger partial charge < -0.3 is 4.98 Å². The fourth-order valence-electron chi connectivity index (χ4n) is 1.67. The molecule has 1 N–H and O–H groups in total. The van der Waals surface area contributed by atoms with Crippen LogP contribution < -0.4 is 5.56 Å². The van der Waals surface area contributed by atoms with Gasteiger partial charge in [0.1, 0.15) is 11.6 Å². The number of pyridine rings is 2. The predicted octanol–water partition coefficient (Wildman–Crippen LogP) is 0.738. The standard InChI is InChI=1S/C11H5N5O/c12-3-6-1-8-7-2-10(17)13-5-9(7)15-16-11(8)14-4-6/h1-2,4-5H,(H,14,16). The summed E-state index contributed by atoms with van der Waals surface area (Å²) in [5.74, 6) is 0. The van der Waals surface area contributed by atoms with E-state index in [1.165, 1.54) is 12.3 Å². The lowest BCUT2D eigenvalue weighted by atomic mass is 10.1. The van der Waals surface area contributed by atoms with Crippen molar-refractivity contribution < 1.29 is 0 Å². The number of nitrogens with zero attached hydrogens (tertiary/aromatic N) is 4. The molecule has 0 aliphatic heterocycles. The highest BCUT2D eigenvalue weighted by molar-refractivity contribution is 6.02. The molecule has 0 fully saturated rings. The van der Waals surface area contributed by atoms with Gasteiger partial charge in [-0.3, -0.25) is 4.79 Å². The SMILES string of the molecule is N#Cc1c[nH]c2nnc3cnc(=O)cc3c2c1. The molecule has 0 spiro atoms. The maximum atomic E-state index is 11.2. The van der Waals surface area contributed by atoms with Crippen LogP contribution in [0.3, 0.4) is 0 Å². The summed E-state index contributed by atoms with van der Waals surface area (Å²) < 4.78 is 0. The van der Waals surface area contributed by atoms with Gasteiger partial charge in [-0.2, -0.15) is 5.26 Å². The minimum atomic E-state index is -0.339. The molecule has 3 rings (SSSR count). The molecule has 6 nitrogen and oxygen atoms in total. The second-order valence-corrected chi connectivity index (χ2v) is 3.50. The number of nitriles is 1. The van der Waals surface area contributed by atoms with E-state index in [4.69, 9.17) is 5.26 Å². The Hall–Kier alpha value is -2.81. The van der Waals surface area contributed by atoms with E-state index in [2.05, 4.69) is 20.2 Å². The lowest BCUT2D eigenvalue weighted by Gasteiger charge is -2.01. The van der Waals surface area contributed by atoms with Gasteiger partial charge in [0.25, 0.3) is 5.56 Å². The maximum Gasteiger partial charge on any atom is 0.270 e. The van der Waals surface area contributed by atoms with Crippen molar-refractivity contribution >= 4 is 21.9 Å². The highest BCUT2D eigenvalue weighted by atomic mass is 16.1. The lowest BCUT2D eigenvalue weighted by molar-refractivity contribution is 1.08. The van der Waals surface area contributed by atoms with Crippen molar-refractivity contribution in [1.82, 2.24) is 20.2 Å². The van der Waals surface area contributed by atoms with E-state index in [9.17, 15) is 4.79 Å². The monoisotopic (exact) mass is 223 g/mol. The predicted molar refractivity (Wildman–Crippen MR) is 60.2 cm³/mol. The summed E-state index contributed by atoms with van der Waals surface area (Å²) in [5.41, 5.74) is 1.19. The van der Waals surface area contributed by atoms with Crippen LogP contribution in [0.2, 0.25) is 0 Å². The first-order chi connectivity index (χ1) is 8.28. The minimum absolute atomic E-state index is 0.339. The summed E-state index contributed by atoms with van der Waals surface area (Å²) in [6.45, 7) is 0. The summed E-state index contributed by atoms with van der Waals surface area (Å²) in [6, 6.07) is 5.08. The number of nitrogens with one attached hydrogen (secondary N) is 1. The second-order valence-electron chi connectivity index (χ2n) is 3.50. The second kappa shape index (κ2) is 3.35. The van der Waals surface area contributed by atoms with Gasteiger partial charge in [-0.05, 0) is 6.07 Å². The van der Waals surface area contributed by atoms with Crippen LogP contribution in [0, 0.1) is 11.3 Å². The molecular formula is C11H5N5O. The summed E-state index contributed by atoms with van der Waals surface area (Å²) in [5, 5.41) is 18.1. The van der Waals surface area contributed by atoms with Crippen molar-refractivity contribution in [2.24, 2.45) is 0 Å². The molecule has 17 heavy (non-hydrogen) atoms. The van der Waals surface area contributed by atoms with Crippen LogP contribution in [-0.4, -0.2) is 20.2 Å². The topological polar surface area (TPSA) is 95.3 Å². The van der Waals surface area contributed by atoms with Gasteiger partial charge in [-0.1, -0.05) is 0 Å². The molecule has 0 aromatic carbocycles. The lowest BCUT2D eigenvalue weighted by Crippen LogP contribution is -2.03. The molecule has 0 atom stereocenters. The Morgan fingerprint density at radius 1 is 1.24 bits per heavy atom. The molecule has 3 aromatic heterocycles. The van der Waals surface area contributed by atoms with E-state index in [0.29, 0.717) is 27.5 Å². The fraction of sp³-hybridized carbons (Fsp3) is 0. The van der Waals surface area contributed by atoms with E-state index in [-0.39, 0.29) is 5.56 Å².